The van der Waals surface area contributed by atoms with E-state index in [0.717, 1.165) is 13.1 Å². The first-order valence-electron chi connectivity index (χ1n) is 7.33. The van der Waals surface area contributed by atoms with Crippen molar-refractivity contribution in [2.75, 3.05) is 31.5 Å². The van der Waals surface area contributed by atoms with Gasteiger partial charge in [0.1, 0.15) is 5.02 Å². The molecule has 1 aromatic rings. The molecule has 1 N–H and O–H groups in total. The molecule has 0 aromatic carbocycles. The van der Waals surface area contributed by atoms with E-state index >= 15 is 0 Å². The lowest BCUT2D eigenvalue weighted by atomic mass is 10.1. The number of likely N-dealkylation sites (tertiary alicyclic amines) is 1. The van der Waals surface area contributed by atoms with Crippen LogP contribution in [-0.4, -0.2) is 40.9 Å². The first kappa shape index (κ1) is 15.3. The molecule has 2 heterocycles. The summed E-state index contributed by atoms with van der Waals surface area (Å²) in [6.45, 7) is 8.91. The van der Waals surface area contributed by atoms with Gasteiger partial charge in [0.15, 0.2) is 0 Å². The van der Waals surface area contributed by atoms with Crippen molar-refractivity contribution >= 4 is 17.3 Å². The topological polar surface area (TPSA) is 50.2 Å². The lowest BCUT2D eigenvalue weighted by Crippen LogP contribution is -2.29. The molecule has 6 heteroatoms. The lowest BCUT2D eigenvalue weighted by Gasteiger charge is -2.21. The molecule has 1 fully saturated rings. The Hall–Kier alpha value is -1.07. The third-order valence-electron chi connectivity index (χ3n) is 3.69. The number of nitrogens with zero attached hydrogens (tertiary/aromatic N) is 3. The number of nitrogens with one attached hydrogen (secondary N) is 1. The summed E-state index contributed by atoms with van der Waals surface area (Å²) in [6.07, 6.45) is 4.26. The van der Waals surface area contributed by atoms with Crippen LogP contribution in [0, 0.1) is 5.92 Å². The smallest absolute Gasteiger partial charge is 0.287 e. The Morgan fingerprint density at radius 3 is 2.80 bits per heavy atom. The third-order valence-corrected chi connectivity index (χ3v) is 4.06. The van der Waals surface area contributed by atoms with Crippen LogP contribution in [0.2, 0.25) is 5.02 Å². The van der Waals surface area contributed by atoms with Gasteiger partial charge in [-0.1, -0.05) is 18.5 Å². The van der Waals surface area contributed by atoms with Gasteiger partial charge in [-0.05, 0) is 38.8 Å². The minimum Gasteiger partial charge on any atom is -0.382 e. The van der Waals surface area contributed by atoms with Crippen LogP contribution in [0.15, 0.2) is 11.0 Å². The second-order valence-corrected chi connectivity index (χ2v) is 5.86. The predicted molar refractivity (Wildman–Crippen MR) is 82.5 cm³/mol. The van der Waals surface area contributed by atoms with E-state index in [9.17, 15) is 4.79 Å². The van der Waals surface area contributed by atoms with Crippen molar-refractivity contribution in [2.24, 2.45) is 5.92 Å². The van der Waals surface area contributed by atoms with Crippen LogP contribution in [-0.2, 0) is 6.54 Å². The first-order valence-corrected chi connectivity index (χ1v) is 7.71. The van der Waals surface area contributed by atoms with Gasteiger partial charge >= 0.3 is 0 Å². The zero-order valence-electron chi connectivity index (χ0n) is 12.2. The number of hydrogen-bond donors (Lipinski definition) is 1. The summed E-state index contributed by atoms with van der Waals surface area (Å²) in [6, 6.07) is 0. The Morgan fingerprint density at radius 1 is 1.45 bits per heavy atom. The van der Waals surface area contributed by atoms with Gasteiger partial charge in [0, 0.05) is 19.6 Å². The highest BCUT2D eigenvalue weighted by molar-refractivity contribution is 6.32. The van der Waals surface area contributed by atoms with E-state index in [-0.39, 0.29) is 10.6 Å². The van der Waals surface area contributed by atoms with Gasteiger partial charge in [-0.25, -0.2) is 4.68 Å². The summed E-state index contributed by atoms with van der Waals surface area (Å²) in [5.74, 6) is 0.512. The van der Waals surface area contributed by atoms with E-state index in [4.69, 9.17) is 11.6 Å². The van der Waals surface area contributed by atoms with Crippen molar-refractivity contribution < 1.29 is 0 Å². The number of aryl methyl sites for hydroxylation is 1. The number of hydrogen-bond acceptors (Lipinski definition) is 4. The van der Waals surface area contributed by atoms with E-state index in [1.807, 2.05) is 6.92 Å². The van der Waals surface area contributed by atoms with Crippen molar-refractivity contribution in [2.45, 2.75) is 33.2 Å². The molecule has 0 amide bonds. The molecule has 5 nitrogen and oxygen atoms in total. The van der Waals surface area contributed by atoms with Crippen molar-refractivity contribution in [3.8, 4) is 0 Å². The molecule has 0 spiro atoms. The number of aromatic nitrogens is 2. The molecular formula is C14H23ClN4O. The monoisotopic (exact) mass is 298 g/mol. The van der Waals surface area contributed by atoms with E-state index in [2.05, 4.69) is 22.2 Å². The van der Waals surface area contributed by atoms with Crippen LogP contribution in [0.4, 0.5) is 5.69 Å². The quantitative estimate of drug-likeness (QED) is 0.873. The highest BCUT2D eigenvalue weighted by atomic mass is 35.5. The zero-order valence-corrected chi connectivity index (χ0v) is 13.0. The molecule has 0 bridgehead atoms. The fraction of sp³-hybridized carbons (Fsp3) is 0.714. The average molecular weight is 299 g/mol. The molecule has 1 aliphatic rings. The van der Waals surface area contributed by atoms with Gasteiger partial charge in [0.25, 0.3) is 5.56 Å². The normalized spacial score (nSPS) is 17.4. The lowest BCUT2D eigenvalue weighted by molar-refractivity contribution is 0.294. The molecule has 1 aliphatic heterocycles. The van der Waals surface area contributed by atoms with E-state index in [1.165, 1.54) is 30.6 Å². The van der Waals surface area contributed by atoms with Crippen LogP contribution in [0.3, 0.4) is 0 Å². The van der Waals surface area contributed by atoms with Crippen molar-refractivity contribution in [3.63, 3.8) is 0 Å². The van der Waals surface area contributed by atoms with E-state index in [1.54, 1.807) is 6.20 Å². The highest BCUT2D eigenvalue weighted by Crippen LogP contribution is 2.16. The molecule has 1 unspecified atom stereocenters. The Balaban J connectivity index is 1.90. The second-order valence-electron chi connectivity index (χ2n) is 5.49. The minimum absolute atomic E-state index is 0.230. The average Bonchev–Trinajstić information content (AvgIpc) is 2.93. The molecule has 2 rings (SSSR count). The second kappa shape index (κ2) is 7.09. The molecular weight excluding hydrogens is 276 g/mol. The standard InChI is InChI=1S/C14H23ClN4O/c1-3-19-14(20)13(15)12(9-17-19)16-8-11(2)10-18-6-4-5-7-18/h9,11,16H,3-8,10H2,1-2H3. The Bertz CT molecular complexity index is 496. The first-order chi connectivity index (χ1) is 9.61. The Labute approximate surface area is 124 Å². The summed E-state index contributed by atoms with van der Waals surface area (Å²) < 4.78 is 1.36. The summed E-state index contributed by atoms with van der Waals surface area (Å²) >= 11 is 6.08. The molecule has 1 aromatic heterocycles. The van der Waals surface area contributed by atoms with Gasteiger partial charge in [-0.2, -0.15) is 5.10 Å². The largest absolute Gasteiger partial charge is 0.382 e. The predicted octanol–water partition coefficient (Wildman–Crippen LogP) is 2.06. The summed E-state index contributed by atoms with van der Waals surface area (Å²) in [5, 5.41) is 7.56. The van der Waals surface area contributed by atoms with Crippen LogP contribution in [0.1, 0.15) is 26.7 Å². The number of halogens is 1. The summed E-state index contributed by atoms with van der Waals surface area (Å²) in [4.78, 5) is 14.4. The summed E-state index contributed by atoms with van der Waals surface area (Å²) in [7, 11) is 0. The van der Waals surface area contributed by atoms with Gasteiger partial charge < -0.3 is 10.2 Å². The molecule has 0 radical (unpaired) electrons. The highest BCUT2D eigenvalue weighted by Gasteiger charge is 2.15. The zero-order chi connectivity index (χ0) is 14.5. The molecule has 1 saturated heterocycles. The summed E-state index contributed by atoms with van der Waals surface area (Å²) in [5.41, 5.74) is 0.404. The van der Waals surface area contributed by atoms with Gasteiger partial charge in [-0.15, -0.1) is 0 Å². The molecule has 112 valence electrons. The van der Waals surface area contributed by atoms with Gasteiger partial charge in [0.2, 0.25) is 0 Å². The molecule has 0 saturated carbocycles. The number of anilines is 1. The fourth-order valence-corrected chi connectivity index (χ4v) is 2.78. The van der Waals surface area contributed by atoms with Crippen LogP contribution < -0.4 is 10.9 Å². The van der Waals surface area contributed by atoms with Crippen molar-refractivity contribution in [1.29, 1.82) is 0 Å². The Kier molecular flexibility index (Phi) is 5.43. The van der Waals surface area contributed by atoms with Gasteiger partial charge in [-0.3, -0.25) is 4.79 Å². The van der Waals surface area contributed by atoms with Gasteiger partial charge in [0.05, 0.1) is 11.9 Å². The molecule has 1 atom stereocenters. The maximum atomic E-state index is 11.9. The van der Waals surface area contributed by atoms with Crippen LogP contribution in [0.25, 0.3) is 0 Å². The SMILES string of the molecule is CCn1ncc(NCC(C)CN2CCCC2)c(Cl)c1=O. The molecule has 0 aliphatic carbocycles. The third kappa shape index (κ3) is 3.73. The fourth-order valence-electron chi connectivity index (χ4n) is 2.57. The maximum absolute atomic E-state index is 11.9. The van der Waals surface area contributed by atoms with Crippen LogP contribution in [0.5, 0.6) is 0 Å². The van der Waals surface area contributed by atoms with Crippen molar-refractivity contribution in [3.05, 3.63) is 21.6 Å². The van der Waals surface area contributed by atoms with Crippen molar-refractivity contribution in [1.82, 2.24) is 14.7 Å². The van der Waals surface area contributed by atoms with E-state index in [0.29, 0.717) is 18.2 Å². The molecule has 20 heavy (non-hydrogen) atoms. The number of rotatable bonds is 6. The Morgan fingerprint density at radius 2 is 2.15 bits per heavy atom. The van der Waals surface area contributed by atoms with E-state index < -0.39 is 0 Å². The van der Waals surface area contributed by atoms with Crippen LogP contribution >= 0.6 is 11.6 Å². The maximum Gasteiger partial charge on any atom is 0.287 e. The minimum atomic E-state index is -0.230.